The maximum absolute atomic E-state index is 16.2. The Morgan fingerprint density at radius 1 is 0.910 bits per heavy atom. The fraction of sp³-hybridized carbons (Fsp3) is 0.492. The number of aromatic nitrogens is 1. The molecule has 1 spiro atoms. The monoisotopic (exact) mass is 1080 g/mol. The van der Waals surface area contributed by atoms with Crippen molar-refractivity contribution in [3.63, 3.8) is 0 Å². The standard InChI is InChI=1S/C61H72N4O12S/c1-8-58-25-14-27-65-29-26-59(53(58)65)47-31-48(51(72-5)32-50(47)63(4)54(59)61(69,57(68)74-7)55(58)77-39(3)66)60(56(67)73-6)33-42(46-37-75-30-24-41(46)36-76-78(70,71)43-21-19-38(2)20-22-43)35-64(34-40-15-10-9-11-16-40)28-23-45-44-17-12-13-18-49(44)62-52(45)60/h9-22,25,31-32,41-42,46,53-55,62,69H,8,23-24,26-30,33-37H2,1-7H3/t41-,42+,46-,53+,54-,55-,58-,59-,60+,61+/m1/s1. The molecule has 3 fully saturated rings. The predicted octanol–water partition coefficient (Wildman–Crippen LogP) is 7.01. The van der Waals surface area contributed by atoms with Gasteiger partial charge in [-0.05, 0) is 104 Å². The van der Waals surface area contributed by atoms with Crippen LogP contribution in [0.3, 0.4) is 0 Å². The summed E-state index contributed by atoms with van der Waals surface area (Å²) in [7, 11) is 1.95. The summed E-state index contributed by atoms with van der Waals surface area (Å²) < 4.78 is 64.8. The summed E-state index contributed by atoms with van der Waals surface area (Å²) in [6, 6.07) is 27.7. The average molecular weight is 1090 g/mol. The molecular formula is C61H72N4O12S. The van der Waals surface area contributed by atoms with E-state index >= 15 is 4.79 Å². The van der Waals surface area contributed by atoms with Crippen molar-refractivity contribution in [2.75, 3.05) is 79.3 Å². The second-order valence-electron chi connectivity index (χ2n) is 22.6. The number of carbonyl (C=O) groups is 3. The number of aryl methyl sites for hydroxylation is 1. The first-order valence-corrected chi connectivity index (χ1v) is 28.8. The van der Waals surface area contributed by atoms with Crippen molar-refractivity contribution in [2.24, 2.45) is 23.2 Å². The Labute approximate surface area is 457 Å². The van der Waals surface area contributed by atoms with Crippen LogP contribution in [0.25, 0.3) is 10.9 Å². The van der Waals surface area contributed by atoms with Crippen molar-refractivity contribution in [2.45, 2.75) is 98.9 Å². The first-order valence-electron chi connectivity index (χ1n) is 27.4. The maximum atomic E-state index is 16.2. The van der Waals surface area contributed by atoms with Crippen LogP contribution in [-0.4, -0.2) is 144 Å². The van der Waals surface area contributed by atoms with Gasteiger partial charge < -0.3 is 38.7 Å². The zero-order chi connectivity index (χ0) is 54.9. The number of likely N-dealkylation sites (N-methyl/N-ethyl adjacent to an activating group) is 1. The van der Waals surface area contributed by atoms with E-state index in [1.54, 1.807) is 31.4 Å². The average Bonchev–Trinajstić information content (AvgIpc) is 2.28. The number of carbonyl (C=O) groups excluding carboxylic acids is 3. The molecule has 1 aliphatic carbocycles. The lowest BCUT2D eigenvalue weighted by atomic mass is 9.47. The minimum Gasteiger partial charge on any atom is -0.496 e. The van der Waals surface area contributed by atoms with Gasteiger partial charge in [-0.1, -0.05) is 85.3 Å². The molecule has 6 heterocycles. The summed E-state index contributed by atoms with van der Waals surface area (Å²) >= 11 is 0. The number of benzene rings is 4. The van der Waals surface area contributed by atoms with Crippen LogP contribution in [0.4, 0.5) is 5.69 Å². The number of aromatic amines is 1. The molecule has 414 valence electrons. The van der Waals surface area contributed by atoms with Crippen molar-refractivity contribution < 1.29 is 55.8 Å². The molecule has 0 amide bonds. The minimum absolute atomic E-state index is 0.0796. The van der Waals surface area contributed by atoms with Crippen LogP contribution in [0, 0.1) is 30.1 Å². The minimum atomic E-state index is -4.14. The number of nitrogens with one attached hydrogen (secondary N) is 1. The van der Waals surface area contributed by atoms with Gasteiger partial charge in [-0.2, -0.15) is 8.42 Å². The highest BCUT2D eigenvalue weighted by Gasteiger charge is 2.80. The highest BCUT2D eigenvalue weighted by Crippen LogP contribution is 2.68. The molecular weight excluding hydrogens is 1010 g/mol. The van der Waals surface area contributed by atoms with Gasteiger partial charge in [0.05, 0.1) is 45.5 Å². The van der Waals surface area contributed by atoms with Gasteiger partial charge in [0.25, 0.3) is 10.1 Å². The fourth-order valence-electron chi connectivity index (χ4n) is 15.6. The van der Waals surface area contributed by atoms with E-state index in [0.717, 1.165) is 33.2 Å². The smallest absolute Gasteiger partial charge is 0.344 e. The van der Waals surface area contributed by atoms with Crippen molar-refractivity contribution in [3.8, 4) is 5.75 Å². The lowest BCUT2D eigenvalue weighted by Gasteiger charge is -2.63. The Balaban J connectivity index is 1.15. The number of methoxy groups -OCH3 is 3. The molecule has 78 heavy (non-hydrogen) atoms. The van der Waals surface area contributed by atoms with E-state index in [9.17, 15) is 23.1 Å². The number of esters is 3. The normalized spacial score (nSPS) is 30.7. The van der Waals surface area contributed by atoms with Crippen molar-refractivity contribution in [1.29, 1.82) is 0 Å². The zero-order valence-electron chi connectivity index (χ0n) is 45.7. The first kappa shape index (κ1) is 53.9. The molecule has 2 saturated heterocycles. The quantitative estimate of drug-likeness (QED) is 0.0530. The summed E-state index contributed by atoms with van der Waals surface area (Å²) in [5.74, 6) is -2.68. The molecule has 0 bridgehead atoms. The SMILES string of the molecule is CC[C@]12C=CCN3CC[C@@]4(c5cc([C@@]6(C(=O)OC)C[C@H]([C@@H]7COCC[C@@H]7COS(=O)(=O)c7ccc(C)cc7)CN(Cc7ccccc7)CCc7c6[nH]c6ccccc76)c(OC)cc5N(C)[C@H]4[C@@](O)(C(=O)OC)[C@@H]1OC(C)=O)[C@@H]32. The Bertz CT molecular complexity index is 3260. The molecule has 1 saturated carbocycles. The fourth-order valence-corrected chi connectivity index (χ4v) is 16.6. The number of rotatable bonds is 13. The van der Waals surface area contributed by atoms with Crippen LogP contribution >= 0.6 is 0 Å². The molecule has 1 aromatic heterocycles. The van der Waals surface area contributed by atoms with Crippen molar-refractivity contribution >= 4 is 44.6 Å². The molecule has 0 radical (unpaired) electrons. The van der Waals surface area contributed by atoms with E-state index in [0.29, 0.717) is 87.7 Å². The van der Waals surface area contributed by atoms with Crippen LogP contribution in [0.15, 0.2) is 108 Å². The third-order valence-electron chi connectivity index (χ3n) is 18.9. The van der Waals surface area contributed by atoms with Gasteiger partial charge in [0.15, 0.2) is 6.10 Å². The summed E-state index contributed by atoms with van der Waals surface area (Å²) in [5.41, 5.74) is 0.438. The van der Waals surface area contributed by atoms with Crippen LogP contribution in [-0.2, 0) is 71.4 Å². The summed E-state index contributed by atoms with van der Waals surface area (Å²) in [6.45, 7) is 8.72. The van der Waals surface area contributed by atoms with Gasteiger partial charge >= 0.3 is 17.9 Å². The third-order valence-corrected chi connectivity index (χ3v) is 20.2. The number of aliphatic hydroxyl groups is 1. The molecule has 6 aliphatic rings. The third kappa shape index (κ3) is 8.31. The van der Waals surface area contributed by atoms with Gasteiger partial charge in [0.2, 0.25) is 5.60 Å². The number of H-pyrrole nitrogens is 1. The van der Waals surface area contributed by atoms with E-state index in [1.807, 2.05) is 80.4 Å². The summed E-state index contributed by atoms with van der Waals surface area (Å²) in [6.07, 6.45) is 4.90. The molecule has 10 atom stereocenters. The number of ether oxygens (including phenoxy) is 5. The number of fused-ring (bicyclic) bond motifs is 4. The van der Waals surface area contributed by atoms with Gasteiger partial charge in [0.1, 0.15) is 11.2 Å². The van der Waals surface area contributed by atoms with E-state index in [-0.39, 0.29) is 42.3 Å². The Hall–Kier alpha value is -6.08. The number of hydrogen-bond acceptors (Lipinski definition) is 15. The van der Waals surface area contributed by atoms with Crippen LogP contribution < -0.4 is 9.64 Å². The number of anilines is 1. The molecule has 0 unspecified atom stereocenters. The number of para-hydroxylation sites is 1. The first-order chi connectivity index (χ1) is 37.5. The molecule has 2 N–H and O–H groups in total. The second kappa shape index (κ2) is 20.5. The number of hydrogen-bond donors (Lipinski definition) is 2. The Morgan fingerprint density at radius 2 is 1.65 bits per heavy atom. The Kier molecular flexibility index (Phi) is 14.2. The lowest BCUT2D eigenvalue weighted by molar-refractivity contribution is -0.228. The van der Waals surface area contributed by atoms with Gasteiger partial charge in [-0.3, -0.25) is 23.6 Å². The predicted molar refractivity (Wildman–Crippen MR) is 293 cm³/mol. The molecule has 16 nitrogen and oxygen atoms in total. The van der Waals surface area contributed by atoms with E-state index in [4.69, 9.17) is 27.9 Å². The summed E-state index contributed by atoms with van der Waals surface area (Å²) in [4.78, 5) is 54.8. The highest BCUT2D eigenvalue weighted by molar-refractivity contribution is 7.86. The highest BCUT2D eigenvalue weighted by atomic mass is 32.2. The van der Waals surface area contributed by atoms with Gasteiger partial charge in [-0.25, -0.2) is 4.79 Å². The van der Waals surface area contributed by atoms with Gasteiger partial charge in [-0.15, -0.1) is 0 Å². The van der Waals surface area contributed by atoms with Crippen molar-refractivity contribution in [1.82, 2.24) is 14.8 Å². The van der Waals surface area contributed by atoms with E-state index in [2.05, 4.69) is 39.0 Å². The molecule has 4 aromatic carbocycles. The maximum Gasteiger partial charge on any atom is 0.344 e. The van der Waals surface area contributed by atoms with Crippen LogP contribution in [0.2, 0.25) is 0 Å². The lowest BCUT2D eigenvalue weighted by Crippen LogP contribution is -2.81. The van der Waals surface area contributed by atoms with E-state index < -0.39 is 68.1 Å². The van der Waals surface area contributed by atoms with E-state index in [1.165, 1.54) is 21.1 Å². The zero-order valence-corrected chi connectivity index (χ0v) is 46.5. The van der Waals surface area contributed by atoms with Crippen LogP contribution in [0.5, 0.6) is 5.75 Å². The molecule has 5 aliphatic heterocycles. The van der Waals surface area contributed by atoms with Crippen LogP contribution in [0.1, 0.15) is 73.0 Å². The molecule has 17 heteroatoms. The van der Waals surface area contributed by atoms with Gasteiger partial charge in [0, 0.05) is 97.5 Å². The molecule has 5 aromatic rings. The largest absolute Gasteiger partial charge is 0.496 e. The van der Waals surface area contributed by atoms with Crippen molar-refractivity contribution in [3.05, 3.63) is 137 Å². The molecule has 11 rings (SSSR count). The number of nitrogens with zero attached hydrogens (tertiary/aromatic N) is 3. The Morgan fingerprint density at radius 3 is 2.37 bits per heavy atom. The topological polar surface area (TPSA) is 186 Å². The second-order valence-corrected chi connectivity index (χ2v) is 24.3. The summed E-state index contributed by atoms with van der Waals surface area (Å²) in [5, 5.41) is 14.6.